The summed E-state index contributed by atoms with van der Waals surface area (Å²) in [6.07, 6.45) is 1.01. The van der Waals surface area contributed by atoms with Gasteiger partial charge in [0.1, 0.15) is 0 Å². The Morgan fingerprint density at radius 2 is 2.30 bits per heavy atom. The normalized spacial score (nSPS) is 21.9. The number of anilines is 1. The summed E-state index contributed by atoms with van der Waals surface area (Å²) in [7, 11) is 0. The molecule has 1 fully saturated rings. The Morgan fingerprint density at radius 3 is 3.05 bits per heavy atom. The summed E-state index contributed by atoms with van der Waals surface area (Å²) in [4.78, 5) is 12.3. The van der Waals surface area contributed by atoms with Gasteiger partial charge in [0.2, 0.25) is 5.91 Å². The van der Waals surface area contributed by atoms with Gasteiger partial charge in [-0.05, 0) is 41.0 Å². The molecule has 1 aliphatic heterocycles. The zero-order chi connectivity index (χ0) is 14.5. The van der Waals surface area contributed by atoms with Crippen LogP contribution >= 0.6 is 15.9 Å². The van der Waals surface area contributed by atoms with Crippen molar-refractivity contribution >= 4 is 27.5 Å². The third kappa shape index (κ3) is 3.50. The quantitative estimate of drug-likeness (QED) is 0.716. The molecule has 0 aromatic heterocycles. The monoisotopic (exact) mass is 342 g/mol. The SMILES string of the molecule is CCCNC1COCC1C(=O)Nc1cccc(Br)c1O. The van der Waals surface area contributed by atoms with Gasteiger partial charge in [-0.1, -0.05) is 13.0 Å². The Labute approximate surface area is 126 Å². The lowest BCUT2D eigenvalue weighted by atomic mass is 10.0. The highest BCUT2D eigenvalue weighted by molar-refractivity contribution is 9.10. The van der Waals surface area contributed by atoms with Crippen LogP contribution in [0.5, 0.6) is 5.75 Å². The van der Waals surface area contributed by atoms with Crippen LogP contribution in [0.25, 0.3) is 0 Å². The van der Waals surface area contributed by atoms with Gasteiger partial charge in [-0.15, -0.1) is 0 Å². The summed E-state index contributed by atoms with van der Waals surface area (Å²) in [5, 5.41) is 16.0. The fourth-order valence-corrected chi connectivity index (χ4v) is 2.55. The molecule has 1 saturated heterocycles. The first-order chi connectivity index (χ1) is 9.63. The maximum absolute atomic E-state index is 12.3. The number of phenols is 1. The Morgan fingerprint density at radius 1 is 1.50 bits per heavy atom. The van der Waals surface area contributed by atoms with Crippen LogP contribution in [0.3, 0.4) is 0 Å². The molecule has 2 atom stereocenters. The third-order valence-electron chi connectivity index (χ3n) is 3.32. The van der Waals surface area contributed by atoms with E-state index in [-0.39, 0.29) is 23.6 Å². The molecule has 20 heavy (non-hydrogen) atoms. The topological polar surface area (TPSA) is 70.6 Å². The number of rotatable bonds is 5. The maximum atomic E-state index is 12.3. The van der Waals surface area contributed by atoms with Gasteiger partial charge in [0.15, 0.2) is 5.75 Å². The molecule has 1 aliphatic rings. The number of benzene rings is 1. The third-order valence-corrected chi connectivity index (χ3v) is 3.96. The maximum Gasteiger partial charge on any atom is 0.231 e. The molecule has 0 bridgehead atoms. The number of aromatic hydroxyl groups is 1. The van der Waals surface area contributed by atoms with Crippen molar-refractivity contribution in [1.29, 1.82) is 0 Å². The van der Waals surface area contributed by atoms with Crippen molar-refractivity contribution in [1.82, 2.24) is 5.32 Å². The van der Waals surface area contributed by atoms with Gasteiger partial charge in [-0.3, -0.25) is 4.79 Å². The molecular weight excluding hydrogens is 324 g/mol. The number of phenolic OH excluding ortho intramolecular Hbond substituents is 1. The van der Waals surface area contributed by atoms with Crippen LogP contribution in [-0.2, 0) is 9.53 Å². The summed E-state index contributed by atoms with van der Waals surface area (Å²) < 4.78 is 5.94. The van der Waals surface area contributed by atoms with E-state index in [1.54, 1.807) is 18.2 Å². The van der Waals surface area contributed by atoms with E-state index in [1.165, 1.54) is 0 Å². The van der Waals surface area contributed by atoms with E-state index in [0.717, 1.165) is 13.0 Å². The lowest BCUT2D eigenvalue weighted by Gasteiger charge is -2.18. The summed E-state index contributed by atoms with van der Waals surface area (Å²) >= 11 is 3.23. The Bertz CT molecular complexity index is 481. The van der Waals surface area contributed by atoms with Crippen LogP contribution in [-0.4, -0.2) is 36.8 Å². The lowest BCUT2D eigenvalue weighted by Crippen LogP contribution is -2.41. The summed E-state index contributed by atoms with van der Waals surface area (Å²) in [5.74, 6) is -0.331. The second kappa shape index (κ2) is 7.06. The Hall–Kier alpha value is -1.11. The van der Waals surface area contributed by atoms with Crippen LogP contribution in [0.1, 0.15) is 13.3 Å². The summed E-state index contributed by atoms with van der Waals surface area (Å²) in [5.41, 5.74) is 0.408. The summed E-state index contributed by atoms with van der Waals surface area (Å²) in [6.45, 7) is 3.89. The minimum absolute atomic E-state index is 0.0317. The largest absolute Gasteiger partial charge is 0.505 e. The van der Waals surface area contributed by atoms with Gasteiger partial charge in [0.25, 0.3) is 0 Å². The van der Waals surface area contributed by atoms with Gasteiger partial charge in [0.05, 0.1) is 29.3 Å². The van der Waals surface area contributed by atoms with Crippen molar-refractivity contribution in [3.05, 3.63) is 22.7 Å². The first-order valence-corrected chi connectivity index (χ1v) is 7.52. The number of halogens is 1. The molecule has 5 nitrogen and oxygen atoms in total. The Balaban J connectivity index is 2.02. The molecule has 0 radical (unpaired) electrons. The van der Waals surface area contributed by atoms with Gasteiger partial charge in [0, 0.05) is 6.04 Å². The minimum Gasteiger partial charge on any atom is -0.505 e. The molecule has 0 aliphatic carbocycles. The second-order valence-corrected chi connectivity index (χ2v) is 5.68. The number of carbonyl (C=O) groups excluding carboxylic acids is 1. The fraction of sp³-hybridized carbons (Fsp3) is 0.500. The first kappa shape index (κ1) is 15.3. The number of ether oxygens (including phenoxy) is 1. The van der Waals surface area contributed by atoms with Crippen molar-refractivity contribution in [3.63, 3.8) is 0 Å². The van der Waals surface area contributed by atoms with E-state index in [1.807, 2.05) is 0 Å². The molecule has 2 unspecified atom stereocenters. The average Bonchev–Trinajstić information content (AvgIpc) is 2.90. The van der Waals surface area contributed by atoms with Gasteiger partial charge in [-0.25, -0.2) is 0 Å². The van der Waals surface area contributed by atoms with E-state index in [0.29, 0.717) is 23.4 Å². The number of nitrogens with one attached hydrogen (secondary N) is 2. The van der Waals surface area contributed by atoms with Crippen LogP contribution < -0.4 is 10.6 Å². The molecular formula is C14H19BrN2O3. The first-order valence-electron chi connectivity index (χ1n) is 6.73. The number of hydrogen-bond acceptors (Lipinski definition) is 4. The zero-order valence-corrected chi connectivity index (χ0v) is 12.9. The highest BCUT2D eigenvalue weighted by atomic mass is 79.9. The predicted molar refractivity (Wildman–Crippen MR) is 80.8 cm³/mol. The van der Waals surface area contributed by atoms with Crippen molar-refractivity contribution in [2.45, 2.75) is 19.4 Å². The average molecular weight is 343 g/mol. The van der Waals surface area contributed by atoms with Crippen molar-refractivity contribution in [2.24, 2.45) is 5.92 Å². The fourth-order valence-electron chi connectivity index (χ4n) is 2.19. The predicted octanol–water partition coefficient (Wildman–Crippen LogP) is 2.11. The standard InChI is InChI=1S/C14H19BrN2O3/c1-2-6-16-12-8-20-7-9(12)14(19)17-11-5-3-4-10(15)13(11)18/h3-5,9,12,16,18H,2,6-8H2,1H3,(H,17,19). The zero-order valence-electron chi connectivity index (χ0n) is 11.4. The number of para-hydroxylation sites is 1. The number of hydrogen-bond donors (Lipinski definition) is 3. The molecule has 110 valence electrons. The van der Waals surface area contributed by atoms with Crippen molar-refractivity contribution in [2.75, 3.05) is 25.1 Å². The molecule has 0 saturated carbocycles. The van der Waals surface area contributed by atoms with Gasteiger partial charge >= 0.3 is 0 Å². The molecule has 1 amide bonds. The highest BCUT2D eigenvalue weighted by Gasteiger charge is 2.33. The molecule has 1 heterocycles. The van der Waals surface area contributed by atoms with E-state index < -0.39 is 0 Å². The Kier molecular flexibility index (Phi) is 5.39. The van der Waals surface area contributed by atoms with Crippen molar-refractivity contribution in [3.8, 4) is 5.75 Å². The van der Waals surface area contributed by atoms with Gasteiger partial charge in [-0.2, -0.15) is 0 Å². The van der Waals surface area contributed by atoms with E-state index in [9.17, 15) is 9.90 Å². The van der Waals surface area contributed by atoms with Crippen LogP contribution in [0.2, 0.25) is 0 Å². The molecule has 1 aromatic rings. The van der Waals surface area contributed by atoms with E-state index in [2.05, 4.69) is 33.5 Å². The van der Waals surface area contributed by atoms with Crippen LogP contribution in [0.15, 0.2) is 22.7 Å². The van der Waals surface area contributed by atoms with Crippen molar-refractivity contribution < 1.29 is 14.6 Å². The number of amides is 1. The smallest absolute Gasteiger partial charge is 0.231 e. The van der Waals surface area contributed by atoms with E-state index in [4.69, 9.17) is 4.74 Å². The lowest BCUT2D eigenvalue weighted by molar-refractivity contribution is -0.120. The highest BCUT2D eigenvalue weighted by Crippen LogP contribution is 2.32. The molecule has 1 aromatic carbocycles. The molecule has 3 N–H and O–H groups in total. The second-order valence-electron chi connectivity index (χ2n) is 4.83. The molecule has 2 rings (SSSR count). The molecule has 0 spiro atoms. The molecule has 6 heteroatoms. The van der Waals surface area contributed by atoms with Crippen LogP contribution in [0.4, 0.5) is 5.69 Å². The minimum atomic E-state index is -0.236. The van der Waals surface area contributed by atoms with Crippen LogP contribution in [0, 0.1) is 5.92 Å². The van der Waals surface area contributed by atoms with Gasteiger partial charge < -0.3 is 20.5 Å². The van der Waals surface area contributed by atoms with E-state index >= 15 is 0 Å². The number of carbonyl (C=O) groups is 1. The summed E-state index contributed by atoms with van der Waals surface area (Å²) in [6, 6.07) is 5.18.